The molecule has 0 unspecified atom stereocenters. The number of amides is 1. The Balaban J connectivity index is 1.45. The molecule has 1 amide bonds. The second kappa shape index (κ2) is 8.49. The van der Waals surface area contributed by atoms with Gasteiger partial charge in [-0.1, -0.05) is 0 Å². The first-order chi connectivity index (χ1) is 12.2. The van der Waals surface area contributed by atoms with Gasteiger partial charge in [0.1, 0.15) is 0 Å². The van der Waals surface area contributed by atoms with Crippen LogP contribution < -0.4 is 0 Å². The van der Waals surface area contributed by atoms with Gasteiger partial charge in [0.25, 0.3) is 0 Å². The number of ether oxygens (including phenoxy) is 1. The molecule has 1 aromatic rings. The van der Waals surface area contributed by atoms with Crippen LogP contribution in [0, 0.1) is 0 Å². The number of piperazine rings is 1. The van der Waals surface area contributed by atoms with Crippen LogP contribution in [-0.4, -0.2) is 79.5 Å². The molecule has 3 rings (SSSR count). The Morgan fingerprint density at radius 2 is 1.72 bits per heavy atom. The van der Waals surface area contributed by atoms with Gasteiger partial charge in [-0.2, -0.15) is 0 Å². The minimum atomic E-state index is -0.439. The van der Waals surface area contributed by atoms with Gasteiger partial charge in [0, 0.05) is 51.4 Å². The third-order valence-corrected chi connectivity index (χ3v) is 5.04. The van der Waals surface area contributed by atoms with Crippen molar-refractivity contribution in [1.82, 2.24) is 14.7 Å². The second-order valence-corrected chi connectivity index (χ2v) is 6.76. The molecule has 3 heterocycles. The van der Waals surface area contributed by atoms with Crippen molar-refractivity contribution < 1.29 is 18.7 Å². The quantitative estimate of drug-likeness (QED) is 0.744. The molecule has 2 saturated heterocycles. The number of nitrogens with zero attached hydrogens (tertiary/aromatic N) is 3. The Hall–Kier alpha value is -1.86. The number of carbonyl (C=O) groups excluding carboxylic acids is 2. The first-order valence-electron chi connectivity index (χ1n) is 9.04. The van der Waals surface area contributed by atoms with Crippen LogP contribution in [0.5, 0.6) is 0 Å². The third kappa shape index (κ3) is 4.61. The normalized spacial score (nSPS) is 19.8. The Labute approximate surface area is 148 Å². The van der Waals surface area contributed by atoms with E-state index in [-0.39, 0.29) is 11.7 Å². The van der Waals surface area contributed by atoms with Gasteiger partial charge in [0.15, 0.2) is 0 Å². The summed E-state index contributed by atoms with van der Waals surface area (Å²) in [7, 11) is 1.35. The molecule has 2 aliphatic heterocycles. The highest BCUT2D eigenvalue weighted by atomic mass is 16.5. The molecule has 7 nitrogen and oxygen atoms in total. The zero-order valence-electron chi connectivity index (χ0n) is 14.9. The number of esters is 1. The van der Waals surface area contributed by atoms with E-state index in [1.54, 1.807) is 0 Å². The average Bonchev–Trinajstić information content (AvgIpc) is 3.11. The lowest BCUT2D eigenvalue weighted by atomic mass is 10.1. The molecule has 7 heteroatoms. The number of hydrogen-bond donors (Lipinski definition) is 0. The maximum absolute atomic E-state index is 12.4. The fourth-order valence-electron chi connectivity index (χ4n) is 3.51. The summed E-state index contributed by atoms with van der Waals surface area (Å²) in [5, 5.41) is 0. The van der Waals surface area contributed by atoms with Gasteiger partial charge in [-0.3, -0.25) is 14.6 Å². The van der Waals surface area contributed by atoms with Crippen LogP contribution in [0.4, 0.5) is 0 Å². The van der Waals surface area contributed by atoms with Crippen LogP contribution in [-0.2, 0) is 16.1 Å². The van der Waals surface area contributed by atoms with E-state index >= 15 is 0 Å². The van der Waals surface area contributed by atoms with E-state index in [9.17, 15) is 9.59 Å². The van der Waals surface area contributed by atoms with E-state index in [0.717, 1.165) is 57.7 Å². The summed E-state index contributed by atoms with van der Waals surface area (Å²) in [5.41, 5.74) is 0.852. The molecule has 0 atom stereocenters. The van der Waals surface area contributed by atoms with E-state index in [1.807, 2.05) is 11.0 Å². The number of piperidine rings is 1. The lowest BCUT2D eigenvalue weighted by molar-refractivity contribution is -0.133. The number of rotatable bonds is 5. The van der Waals surface area contributed by atoms with E-state index in [0.29, 0.717) is 13.1 Å². The molecule has 0 saturated carbocycles. The van der Waals surface area contributed by atoms with Crippen molar-refractivity contribution in [3.05, 3.63) is 23.7 Å². The molecule has 1 aromatic heterocycles. The average molecular weight is 349 g/mol. The zero-order chi connectivity index (χ0) is 17.6. The number of furan rings is 1. The van der Waals surface area contributed by atoms with Crippen LogP contribution in [0.15, 0.2) is 16.7 Å². The lowest BCUT2D eigenvalue weighted by Gasteiger charge is -2.36. The minimum Gasteiger partial charge on any atom is -0.463 e. The molecule has 0 aromatic carbocycles. The summed E-state index contributed by atoms with van der Waals surface area (Å²) in [4.78, 5) is 30.5. The molecule has 0 radical (unpaired) electrons. The highest BCUT2D eigenvalue weighted by molar-refractivity contribution is 5.87. The zero-order valence-corrected chi connectivity index (χ0v) is 14.9. The summed E-state index contributed by atoms with van der Waals surface area (Å²) in [5.74, 6) is 0.104. The molecule has 25 heavy (non-hydrogen) atoms. The molecule has 2 fully saturated rings. The van der Waals surface area contributed by atoms with Crippen molar-refractivity contribution >= 4 is 11.9 Å². The Morgan fingerprint density at radius 1 is 1.04 bits per heavy atom. The molecular formula is C18H27N3O4. The van der Waals surface area contributed by atoms with Crippen molar-refractivity contribution in [2.45, 2.75) is 25.8 Å². The SMILES string of the molecule is COC(=O)c1occc1CN1CCN(CC(=O)N2CCCCC2)CC1. The lowest BCUT2D eigenvalue weighted by Crippen LogP contribution is -2.50. The standard InChI is InChI=1S/C18H27N3O4/c1-24-18(23)17-15(5-12-25-17)13-19-8-10-20(11-9-19)14-16(22)21-6-3-2-4-7-21/h5,12H,2-4,6-11,13-14H2,1H3. The Bertz CT molecular complexity index is 587. The van der Waals surface area contributed by atoms with Gasteiger partial charge in [0.2, 0.25) is 11.7 Å². The summed E-state index contributed by atoms with van der Waals surface area (Å²) in [6.07, 6.45) is 5.03. The summed E-state index contributed by atoms with van der Waals surface area (Å²) < 4.78 is 9.98. The van der Waals surface area contributed by atoms with Crippen molar-refractivity contribution in [1.29, 1.82) is 0 Å². The molecule has 2 aliphatic rings. The van der Waals surface area contributed by atoms with Crippen LogP contribution in [0.25, 0.3) is 0 Å². The number of likely N-dealkylation sites (tertiary alicyclic amines) is 1. The third-order valence-electron chi connectivity index (χ3n) is 5.04. The molecular weight excluding hydrogens is 322 g/mol. The molecule has 0 bridgehead atoms. The maximum atomic E-state index is 12.4. The number of methoxy groups -OCH3 is 1. The van der Waals surface area contributed by atoms with E-state index in [1.165, 1.54) is 19.8 Å². The highest BCUT2D eigenvalue weighted by Crippen LogP contribution is 2.16. The van der Waals surface area contributed by atoms with Crippen LogP contribution >= 0.6 is 0 Å². The van der Waals surface area contributed by atoms with Gasteiger partial charge in [0.05, 0.1) is 19.9 Å². The Kier molecular flexibility index (Phi) is 6.09. The molecule has 0 aliphatic carbocycles. The number of hydrogen-bond acceptors (Lipinski definition) is 6. The van der Waals surface area contributed by atoms with Crippen molar-refractivity contribution in [3.63, 3.8) is 0 Å². The van der Waals surface area contributed by atoms with Crippen molar-refractivity contribution in [3.8, 4) is 0 Å². The fraction of sp³-hybridized carbons (Fsp3) is 0.667. The monoisotopic (exact) mass is 349 g/mol. The fourth-order valence-corrected chi connectivity index (χ4v) is 3.51. The summed E-state index contributed by atoms with van der Waals surface area (Å²) >= 11 is 0. The Morgan fingerprint density at radius 3 is 2.40 bits per heavy atom. The van der Waals surface area contributed by atoms with Gasteiger partial charge in [-0.25, -0.2) is 4.79 Å². The van der Waals surface area contributed by atoms with Gasteiger partial charge < -0.3 is 14.1 Å². The van der Waals surface area contributed by atoms with Crippen molar-refractivity contribution in [2.24, 2.45) is 0 Å². The maximum Gasteiger partial charge on any atom is 0.374 e. The van der Waals surface area contributed by atoms with Crippen LogP contribution in [0.2, 0.25) is 0 Å². The van der Waals surface area contributed by atoms with Gasteiger partial charge in [-0.15, -0.1) is 0 Å². The summed E-state index contributed by atoms with van der Waals surface area (Å²) in [6, 6.07) is 1.82. The van der Waals surface area contributed by atoms with E-state index in [2.05, 4.69) is 9.80 Å². The second-order valence-electron chi connectivity index (χ2n) is 6.76. The molecule has 138 valence electrons. The predicted octanol–water partition coefficient (Wildman–Crippen LogP) is 1.20. The topological polar surface area (TPSA) is 66.2 Å². The van der Waals surface area contributed by atoms with Gasteiger partial charge >= 0.3 is 5.97 Å². The van der Waals surface area contributed by atoms with Crippen LogP contribution in [0.3, 0.4) is 0 Å². The molecule has 0 N–H and O–H groups in total. The van der Waals surface area contributed by atoms with Crippen LogP contribution in [0.1, 0.15) is 35.4 Å². The molecule has 0 spiro atoms. The highest BCUT2D eigenvalue weighted by Gasteiger charge is 2.24. The first kappa shape index (κ1) is 17.9. The van der Waals surface area contributed by atoms with Gasteiger partial charge in [-0.05, 0) is 25.3 Å². The van der Waals surface area contributed by atoms with Crippen molar-refractivity contribution in [2.75, 3.05) is 52.9 Å². The minimum absolute atomic E-state index is 0.260. The van der Waals surface area contributed by atoms with E-state index in [4.69, 9.17) is 9.15 Å². The largest absolute Gasteiger partial charge is 0.463 e. The number of carbonyl (C=O) groups is 2. The first-order valence-corrected chi connectivity index (χ1v) is 9.04. The smallest absolute Gasteiger partial charge is 0.374 e. The predicted molar refractivity (Wildman–Crippen MR) is 92.2 cm³/mol. The summed E-state index contributed by atoms with van der Waals surface area (Å²) in [6.45, 7) is 6.49. The van der Waals surface area contributed by atoms with E-state index < -0.39 is 5.97 Å².